The smallest absolute Gasteiger partial charge is 0.238 e. The van der Waals surface area contributed by atoms with Gasteiger partial charge in [-0.2, -0.15) is 0 Å². The Bertz CT molecular complexity index is 508. The molecule has 1 heterocycles. The number of hydrogen-bond donors (Lipinski definition) is 2. The molecule has 1 aromatic rings. The van der Waals surface area contributed by atoms with Crippen LogP contribution in [0.15, 0.2) is 29.2 Å². The minimum atomic E-state index is -0.364. The Balaban J connectivity index is 2.03. The van der Waals surface area contributed by atoms with Gasteiger partial charge in [-0.1, -0.05) is 12.1 Å². The zero-order chi connectivity index (χ0) is 14.0. The molecule has 0 saturated carbocycles. The predicted molar refractivity (Wildman–Crippen MR) is 77.2 cm³/mol. The summed E-state index contributed by atoms with van der Waals surface area (Å²) in [4.78, 5) is 24.8. The molecule has 4 nitrogen and oxygen atoms in total. The van der Waals surface area contributed by atoms with E-state index in [0.717, 1.165) is 10.6 Å². The van der Waals surface area contributed by atoms with Gasteiger partial charge in [-0.05, 0) is 32.9 Å². The van der Waals surface area contributed by atoms with Gasteiger partial charge in [0.25, 0.3) is 0 Å². The quantitative estimate of drug-likeness (QED) is 0.873. The molecule has 0 fully saturated rings. The number of benzene rings is 1. The normalized spacial score (nSPS) is 18.5. The van der Waals surface area contributed by atoms with E-state index < -0.39 is 0 Å². The fourth-order valence-corrected chi connectivity index (χ4v) is 2.98. The number of nitrogens with one attached hydrogen (secondary N) is 2. The topological polar surface area (TPSA) is 58.2 Å². The lowest BCUT2D eigenvalue weighted by Gasteiger charge is -2.25. The molecular weight excluding hydrogens is 260 g/mol. The molecule has 0 aromatic heterocycles. The van der Waals surface area contributed by atoms with E-state index in [0.29, 0.717) is 0 Å². The van der Waals surface area contributed by atoms with E-state index in [2.05, 4.69) is 10.6 Å². The number of thioether (sulfide) groups is 1. The molecule has 1 aliphatic heterocycles. The second-order valence-corrected chi connectivity index (χ2v) is 6.84. The van der Waals surface area contributed by atoms with E-state index in [4.69, 9.17) is 0 Å². The molecule has 0 radical (unpaired) electrons. The highest BCUT2D eigenvalue weighted by Gasteiger charge is 2.29. The second-order valence-electron chi connectivity index (χ2n) is 5.59. The Hall–Kier alpha value is -1.49. The van der Waals surface area contributed by atoms with Crippen molar-refractivity contribution in [2.45, 2.75) is 42.9 Å². The molecule has 1 aliphatic rings. The van der Waals surface area contributed by atoms with Crippen molar-refractivity contribution in [3.05, 3.63) is 24.3 Å². The number of fused-ring (bicyclic) bond motifs is 1. The summed E-state index contributed by atoms with van der Waals surface area (Å²) < 4.78 is 0. The van der Waals surface area contributed by atoms with Gasteiger partial charge in [0.2, 0.25) is 11.8 Å². The van der Waals surface area contributed by atoms with Gasteiger partial charge < -0.3 is 10.6 Å². The van der Waals surface area contributed by atoms with Crippen molar-refractivity contribution in [3.63, 3.8) is 0 Å². The van der Waals surface area contributed by atoms with Gasteiger partial charge in [0.1, 0.15) is 0 Å². The van der Waals surface area contributed by atoms with Gasteiger partial charge in [-0.3, -0.25) is 9.59 Å². The number of rotatable bonds is 2. The average molecular weight is 278 g/mol. The van der Waals surface area contributed by atoms with Gasteiger partial charge >= 0.3 is 0 Å². The molecule has 102 valence electrons. The molecule has 0 spiro atoms. The third kappa shape index (κ3) is 3.73. The molecule has 0 unspecified atom stereocenters. The minimum absolute atomic E-state index is 0.0977. The van der Waals surface area contributed by atoms with Crippen LogP contribution in [0.1, 0.15) is 27.2 Å². The van der Waals surface area contributed by atoms with Crippen LogP contribution in [-0.2, 0) is 9.59 Å². The van der Waals surface area contributed by atoms with Crippen LogP contribution in [0.3, 0.4) is 0 Å². The third-order valence-corrected chi connectivity index (χ3v) is 3.87. The SMILES string of the molecule is CC(C)(C)NC(=O)C[C@@H]1Sc2ccccc2NC1=O. The van der Waals surface area contributed by atoms with E-state index in [1.807, 2.05) is 45.0 Å². The average Bonchev–Trinajstić information content (AvgIpc) is 2.27. The van der Waals surface area contributed by atoms with Gasteiger partial charge in [0, 0.05) is 16.9 Å². The predicted octanol–water partition coefficient (Wildman–Crippen LogP) is 2.40. The van der Waals surface area contributed by atoms with Crippen molar-refractivity contribution in [1.29, 1.82) is 0 Å². The molecule has 2 amide bonds. The van der Waals surface area contributed by atoms with E-state index in [-0.39, 0.29) is 29.0 Å². The monoisotopic (exact) mass is 278 g/mol. The zero-order valence-corrected chi connectivity index (χ0v) is 12.1. The van der Waals surface area contributed by atoms with Crippen molar-refractivity contribution < 1.29 is 9.59 Å². The molecular formula is C14H18N2O2S. The van der Waals surface area contributed by atoms with Crippen LogP contribution in [0.25, 0.3) is 0 Å². The maximum absolute atomic E-state index is 11.9. The molecule has 0 bridgehead atoms. The van der Waals surface area contributed by atoms with Crippen LogP contribution in [-0.4, -0.2) is 22.6 Å². The first-order valence-corrected chi connectivity index (χ1v) is 7.11. The maximum atomic E-state index is 11.9. The number of amides is 2. The fraction of sp³-hybridized carbons (Fsp3) is 0.429. The lowest BCUT2D eigenvalue weighted by molar-refractivity contribution is -0.125. The van der Waals surface area contributed by atoms with Crippen LogP contribution >= 0.6 is 11.8 Å². The first-order valence-electron chi connectivity index (χ1n) is 6.23. The van der Waals surface area contributed by atoms with E-state index in [1.54, 1.807) is 0 Å². The highest BCUT2D eigenvalue weighted by molar-refractivity contribution is 8.01. The Kier molecular flexibility index (Phi) is 3.85. The summed E-state index contributed by atoms with van der Waals surface area (Å²) in [6.07, 6.45) is 0.197. The van der Waals surface area contributed by atoms with Crippen LogP contribution in [0, 0.1) is 0 Å². The summed E-state index contributed by atoms with van der Waals surface area (Å²) >= 11 is 1.45. The lowest BCUT2D eigenvalue weighted by Crippen LogP contribution is -2.43. The van der Waals surface area contributed by atoms with Gasteiger partial charge in [0.05, 0.1) is 10.9 Å². The number of anilines is 1. The number of para-hydroxylation sites is 1. The Labute approximate surface area is 117 Å². The summed E-state index contributed by atoms with van der Waals surface area (Å²) in [5, 5.41) is 5.35. The second kappa shape index (κ2) is 5.25. The highest BCUT2D eigenvalue weighted by atomic mass is 32.2. The summed E-state index contributed by atoms with van der Waals surface area (Å²) in [6.45, 7) is 5.77. The summed E-state index contributed by atoms with van der Waals surface area (Å²) in [5.74, 6) is -0.202. The third-order valence-electron chi connectivity index (χ3n) is 2.59. The molecule has 0 saturated heterocycles. The molecule has 5 heteroatoms. The van der Waals surface area contributed by atoms with E-state index in [1.165, 1.54) is 11.8 Å². The first kappa shape index (κ1) is 13.9. The molecule has 19 heavy (non-hydrogen) atoms. The van der Waals surface area contributed by atoms with Crippen molar-refractivity contribution in [2.75, 3.05) is 5.32 Å². The van der Waals surface area contributed by atoms with Crippen molar-refractivity contribution in [2.24, 2.45) is 0 Å². The summed E-state index contributed by atoms with van der Waals surface area (Å²) in [7, 11) is 0. The number of carbonyl (C=O) groups excluding carboxylic acids is 2. The van der Waals surface area contributed by atoms with Gasteiger partial charge in [-0.15, -0.1) is 11.8 Å². The van der Waals surface area contributed by atoms with Crippen LogP contribution in [0.2, 0.25) is 0 Å². The molecule has 1 aromatic carbocycles. The lowest BCUT2D eigenvalue weighted by atomic mass is 10.1. The van der Waals surface area contributed by atoms with Crippen molar-refractivity contribution in [3.8, 4) is 0 Å². The van der Waals surface area contributed by atoms with Crippen LogP contribution in [0.4, 0.5) is 5.69 Å². The van der Waals surface area contributed by atoms with Crippen LogP contribution < -0.4 is 10.6 Å². The first-order chi connectivity index (χ1) is 8.85. The number of carbonyl (C=O) groups is 2. The Morgan fingerprint density at radius 2 is 2.05 bits per heavy atom. The standard InChI is InChI=1S/C14H18N2O2S/c1-14(2,3)16-12(17)8-11-13(18)15-9-6-4-5-7-10(9)19-11/h4-7,11H,8H2,1-3H3,(H,15,18)(H,16,17)/t11-/m0/s1. The number of hydrogen-bond acceptors (Lipinski definition) is 3. The highest BCUT2D eigenvalue weighted by Crippen LogP contribution is 2.36. The Morgan fingerprint density at radius 1 is 1.37 bits per heavy atom. The van der Waals surface area contributed by atoms with Gasteiger partial charge in [-0.25, -0.2) is 0 Å². The van der Waals surface area contributed by atoms with Gasteiger partial charge in [0.15, 0.2) is 0 Å². The van der Waals surface area contributed by atoms with Crippen LogP contribution in [0.5, 0.6) is 0 Å². The van der Waals surface area contributed by atoms with E-state index >= 15 is 0 Å². The minimum Gasteiger partial charge on any atom is -0.351 e. The maximum Gasteiger partial charge on any atom is 0.238 e. The molecule has 2 rings (SSSR count). The zero-order valence-electron chi connectivity index (χ0n) is 11.3. The van der Waals surface area contributed by atoms with Crippen molar-refractivity contribution >= 4 is 29.3 Å². The van der Waals surface area contributed by atoms with E-state index in [9.17, 15) is 9.59 Å². The fourth-order valence-electron chi connectivity index (χ4n) is 1.86. The molecule has 2 N–H and O–H groups in total. The van der Waals surface area contributed by atoms with Crippen molar-refractivity contribution in [1.82, 2.24) is 5.32 Å². The summed E-state index contributed by atoms with van der Waals surface area (Å²) in [5.41, 5.74) is 0.551. The summed E-state index contributed by atoms with van der Waals surface area (Å²) in [6, 6.07) is 7.63. The largest absolute Gasteiger partial charge is 0.351 e. The Morgan fingerprint density at radius 3 is 2.74 bits per heavy atom. The molecule has 0 aliphatic carbocycles. The molecule has 1 atom stereocenters.